The molecule has 0 spiro atoms. The Morgan fingerprint density at radius 3 is 2.40 bits per heavy atom. The van der Waals surface area contributed by atoms with Crippen molar-refractivity contribution >= 4 is 39.1 Å². The highest BCUT2D eigenvalue weighted by molar-refractivity contribution is 7.17. The van der Waals surface area contributed by atoms with Gasteiger partial charge in [-0.1, -0.05) is 48.0 Å². The molecule has 174 valence electrons. The maximum Gasteiger partial charge on any atom is 0.257 e. The van der Waals surface area contributed by atoms with Crippen molar-refractivity contribution in [3.63, 3.8) is 0 Å². The zero-order chi connectivity index (χ0) is 24.7. The van der Waals surface area contributed by atoms with Crippen LogP contribution < -0.4 is 11.1 Å². The number of nitrogens with zero attached hydrogens (tertiary/aromatic N) is 1. The Morgan fingerprint density at radius 1 is 0.971 bits per heavy atom. The molecule has 6 nitrogen and oxygen atoms in total. The van der Waals surface area contributed by atoms with Crippen molar-refractivity contribution in [3.05, 3.63) is 94.1 Å². The second-order valence-corrected chi connectivity index (χ2v) is 9.63. The van der Waals surface area contributed by atoms with Crippen LogP contribution in [0.5, 0.6) is 0 Å². The van der Waals surface area contributed by atoms with Crippen LogP contribution in [0, 0.1) is 20.8 Å². The number of rotatable bonds is 5. The number of carbonyl (C=O) groups excluding carboxylic acids is 2. The minimum atomic E-state index is -0.591. The van der Waals surface area contributed by atoms with Crippen LogP contribution in [0.15, 0.2) is 71.1 Å². The van der Waals surface area contributed by atoms with Gasteiger partial charge < -0.3 is 15.5 Å². The smallest absolute Gasteiger partial charge is 0.257 e. The summed E-state index contributed by atoms with van der Waals surface area (Å²) in [6.07, 6.45) is 0. The summed E-state index contributed by atoms with van der Waals surface area (Å²) in [7, 11) is 0. The van der Waals surface area contributed by atoms with E-state index in [1.54, 1.807) is 6.07 Å². The zero-order valence-electron chi connectivity index (χ0n) is 19.5. The Hall–Kier alpha value is -4.23. The fourth-order valence-electron chi connectivity index (χ4n) is 4.17. The Morgan fingerprint density at radius 2 is 1.71 bits per heavy atom. The number of thiophene rings is 1. The number of hydrogen-bond acceptors (Lipinski definition) is 5. The van der Waals surface area contributed by atoms with Crippen molar-refractivity contribution in [2.24, 2.45) is 5.73 Å². The van der Waals surface area contributed by atoms with E-state index in [-0.39, 0.29) is 5.91 Å². The minimum Gasteiger partial charge on any atom is -0.460 e. The molecular weight excluding hydrogens is 458 g/mol. The summed E-state index contributed by atoms with van der Waals surface area (Å²) in [5, 5.41) is 4.07. The van der Waals surface area contributed by atoms with Gasteiger partial charge in [0.2, 0.25) is 0 Å². The van der Waals surface area contributed by atoms with Crippen LogP contribution in [0.3, 0.4) is 0 Å². The van der Waals surface area contributed by atoms with Gasteiger partial charge in [0.15, 0.2) is 5.76 Å². The molecule has 0 fully saturated rings. The van der Waals surface area contributed by atoms with E-state index in [0.29, 0.717) is 38.5 Å². The van der Waals surface area contributed by atoms with E-state index in [4.69, 9.17) is 10.2 Å². The standard InChI is InChI=1S/C28H23N3O3S/c1-15-8-11-18(12-9-15)24-17(3)35-28(25(24)26(29)32)31-27(33)20-14-22(23-13-10-16(2)34-23)30-21-7-5-4-6-19(20)21/h4-14H,1-3H3,(H2,29,32)(H,31,33). The van der Waals surface area contributed by atoms with E-state index in [1.165, 1.54) is 11.3 Å². The largest absolute Gasteiger partial charge is 0.460 e. The average Bonchev–Trinajstić information content (AvgIpc) is 3.41. The number of benzene rings is 2. The van der Waals surface area contributed by atoms with E-state index >= 15 is 0 Å². The molecule has 3 N–H and O–H groups in total. The third-order valence-electron chi connectivity index (χ3n) is 5.85. The number of anilines is 1. The van der Waals surface area contributed by atoms with E-state index in [2.05, 4.69) is 10.3 Å². The number of para-hydroxylation sites is 1. The number of furan rings is 1. The van der Waals surface area contributed by atoms with Gasteiger partial charge >= 0.3 is 0 Å². The third-order valence-corrected chi connectivity index (χ3v) is 6.87. The fraction of sp³-hybridized carbons (Fsp3) is 0.107. The molecule has 0 bridgehead atoms. The van der Waals surface area contributed by atoms with Crippen molar-refractivity contribution in [3.8, 4) is 22.6 Å². The monoisotopic (exact) mass is 481 g/mol. The maximum atomic E-state index is 13.6. The first kappa shape index (κ1) is 22.6. The van der Waals surface area contributed by atoms with Gasteiger partial charge in [-0.05, 0) is 50.6 Å². The number of primary amides is 1. The van der Waals surface area contributed by atoms with Crippen molar-refractivity contribution in [1.29, 1.82) is 0 Å². The molecule has 5 aromatic rings. The van der Waals surface area contributed by atoms with Crippen LogP contribution in [0.1, 0.15) is 36.9 Å². The van der Waals surface area contributed by atoms with Crippen molar-refractivity contribution in [1.82, 2.24) is 4.98 Å². The van der Waals surface area contributed by atoms with E-state index in [0.717, 1.165) is 27.3 Å². The molecule has 3 aromatic heterocycles. The van der Waals surface area contributed by atoms with Gasteiger partial charge in [-0.25, -0.2) is 4.98 Å². The molecule has 0 saturated carbocycles. The molecule has 0 atom stereocenters. The van der Waals surface area contributed by atoms with Crippen LogP contribution >= 0.6 is 11.3 Å². The quantitative estimate of drug-likeness (QED) is 0.299. The van der Waals surface area contributed by atoms with Gasteiger partial charge in [-0.15, -0.1) is 11.3 Å². The van der Waals surface area contributed by atoms with Crippen LogP contribution in [-0.2, 0) is 0 Å². The molecule has 2 amide bonds. The fourth-order valence-corrected chi connectivity index (χ4v) is 5.24. The predicted molar refractivity (Wildman–Crippen MR) is 140 cm³/mol. The maximum absolute atomic E-state index is 13.6. The Bertz CT molecular complexity index is 1600. The third kappa shape index (κ3) is 4.22. The first-order valence-electron chi connectivity index (χ1n) is 11.1. The van der Waals surface area contributed by atoms with Gasteiger partial charge in [-0.2, -0.15) is 0 Å². The topological polar surface area (TPSA) is 98.2 Å². The molecule has 35 heavy (non-hydrogen) atoms. The minimum absolute atomic E-state index is 0.310. The molecule has 7 heteroatoms. The zero-order valence-corrected chi connectivity index (χ0v) is 20.3. The van der Waals surface area contributed by atoms with E-state index in [1.807, 2.05) is 81.4 Å². The first-order valence-corrected chi connectivity index (χ1v) is 11.9. The Labute approximate surface area is 206 Å². The number of aromatic nitrogens is 1. The van der Waals surface area contributed by atoms with E-state index in [9.17, 15) is 9.59 Å². The van der Waals surface area contributed by atoms with E-state index < -0.39 is 5.91 Å². The summed E-state index contributed by atoms with van der Waals surface area (Å²) in [5.74, 6) is 0.386. The number of carbonyl (C=O) groups is 2. The molecule has 0 saturated heterocycles. The molecule has 0 aliphatic heterocycles. The van der Waals surface area contributed by atoms with Crippen LogP contribution in [-0.4, -0.2) is 16.8 Å². The highest BCUT2D eigenvalue weighted by Gasteiger charge is 2.24. The molecule has 0 aliphatic rings. The lowest BCUT2D eigenvalue weighted by atomic mass is 10.00. The van der Waals surface area contributed by atoms with Gasteiger partial charge in [0.25, 0.3) is 11.8 Å². The Balaban J connectivity index is 1.60. The number of fused-ring (bicyclic) bond motifs is 1. The number of amides is 2. The number of pyridine rings is 1. The van der Waals surface area contributed by atoms with Crippen molar-refractivity contribution in [2.75, 3.05) is 5.32 Å². The molecular formula is C28H23N3O3S. The summed E-state index contributed by atoms with van der Waals surface area (Å²) >= 11 is 1.33. The first-order chi connectivity index (χ1) is 16.8. The summed E-state index contributed by atoms with van der Waals surface area (Å²) in [4.78, 5) is 31.7. The van der Waals surface area contributed by atoms with Gasteiger partial charge in [-0.3, -0.25) is 9.59 Å². The lowest BCUT2D eigenvalue weighted by Gasteiger charge is -2.10. The second-order valence-electron chi connectivity index (χ2n) is 8.40. The summed E-state index contributed by atoms with van der Waals surface area (Å²) in [6, 6.07) is 20.7. The molecule has 0 unspecified atom stereocenters. The van der Waals surface area contributed by atoms with Gasteiger partial charge in [0.05, 0.1) is 16.6 Å². The number of aryl methyl sites for hydroxylation is 3. The molecule has 3 heterocycles. The predicted octanol–water partition coefficient (Wildman–Crippen LogP) is 6.50. The van der Waals surface area contributed by atoms with Gasteiger partial charge in [0.1, 0.15) is 16.5 Å². The molecule has 2 aromatic carbocycles. The SMILES string of the molecule is Cc1ccc(-c2c(C)sc(NC(=O)c3cc(-c4ccc(C)o4)nc4ccccc34)c2C(N)=O)cc1. The van der Waals surface area contributed by atoms with Gasteiger partial charge in [0, 0.05) is 15.8 Å². The number of nitrogens with two attached hydrogens (primary N) is 1. The lowest BCUT2D eigenvalue weighted by molar-refractivity contribution is 0.100. The molecule has 0 radical (unpaired) electrons. The molecule has 0 aliphatic carbocycles. The highest BCUT2D eigenvalue weighted by Crippen LogP contribution is 2.40. The summed E-state index contributed by atoms with van der Waals surface area (Å²) in [5.41, 5.74) is 10.5. The highest BCUT2D eigenvalue weighted by atomic mass is 32.1. The summed E-state index contributed by atoms with van der Waals surface area (Å²) < 4.78 is 5.75. The normalized spacial score (nSPS) is 11.1. The lowest BCUT2D eigenvalue weighted by Crippen LogP contribution is -2.17. The van der Waals surface area contributed by atoms with Crippen LogP contribution in [0.4, 0.5) is 5.00 Å². The second kappa shape index (κ2) is 8.85. The van der Waals surface area contributed by atoms with Crippen molar-refractivity contribution in [2.45, 2.75) is 20.8 Å². The summed E-state index contributed by atoms with van der Waals surface area (Å²) in [6.45, 7) is 5.78. The molecule has 5 rings (SSSR count). The Kier molecular flexibility index (Phi) is 5.70. The van der Waals surface area contributed by atoms with Crippen LogP contribution in [0.2, 0.25) is 0 Å². The number of nitrogens with one attached hydrogen (secondary N) is 1. The van der Waals surface area contributed by atoms with Crippen LogP contribution in [0.25, 0.3) is 33.5 Å². The van der Waals surface area contributed by atoms with Crippen molar-refractivity contribution < 1.29 is 14.0 Å². The average molecular weight is 482 g/mol. The number of hydrogen-bond donors (Lipinski definition) is 2.